The van der Waals surface area contributed by atoms with Crippen molar-refractivity contribution in [3.63, 3.8) is 0 Å². The zero-order valence-corrected chi connectivity index (χ0v) is 18.9. The van der Waals surface area contributed by atoms with Gasteiger partial charge in [-0.15, -0.1) is 0 Å². The lowest BCUT2D eigenvalue weighted by Gasteiger charge is -2.20. The fraction of sp³-hybridized carbons (Fsp3) is 0.238. The molecule has 31 heavy (non-hydrogen) atoms. The summed E-state index contributed by atoms with van der Waals surface area (Å²) in [6.07, 6.45) is 2.91. The molecule has 0 spiro atoms. The Bertz CT molecular complexity index is 1210. The summed E-state index contributed by atoms with van der Waals surface area (Å²) in [5.41, 5.74) is 1.22. The highest BCUT2D eigenvalue weighted by Gasteiger charge is 2.41. The van der Waals surface area contributed by atoms with Gasteiger partial charge in [-0.05, 0) is 23.8 Å². The molecule has 1 fully saturated rings. The van der Waals surface area contributed by atoms with Crippen molar-refractivity contribution in [2.75, 3.05) is 13.1 Å². The molecule has 1 aliphatic rings. The second-order valence-corrected chi connectivity index (χ2v) is 10.1. The van der Waals surface area contributed by atoms with Crippen LogP contribution < -0.4 is 5.32 Å². The van der Waals surface area contributed by atoms with E-state index < -0.39 is 16.1 Å². The number of imidazole rings is 1. The molecular formula is C21H20Cl2N4O3S. The van der Waals surface area contributed by atoms with E-state index in [0.717, 1.165) is 5.56 Å². The smallest absolute Gasteiger partial charge is 0.262 e. The molecule has 0 radical (unpaired) electrons. The lowest BCUT2D eigenvalue weighted by atomic mass is 9.94. The maximum absolute atomic E-state index is 13.1. The van der Waals surface area contributed by atoms with Crippen LogP contribution in [0.2, 0.25) is 10.0 Å². The molecule has 1 aromatic heterocycles. The quantitative estimate of drug-likeness (QED) is 0.609. The summed E-state index contributed by atoms with van der Waals surface area (Å²) in [6, 6.07) is 13.7. The number of rotatable bonds is 5. The number of amides is 1. The third-order valence-electron chi connectivity index (χ3n) is 5.29. The van der Waals surface area contributed by atoms with Crippen LogP contribution in [0.1, 0.15) is 21.8 Å². The van der Waals surface area contributed by atoms with Gasteiger partial charge in [0.15, 0.2) is 5.03 Å². The topological polar surface area (TPSA) is 84.3 Å². The summed E-state index contributed by atoms with van der Waals surface area (Å²) in [7, 11) is -2.09. The summed E-state index contributed by atoms with van der Waals surface area (Å²) in [5.74, 6) is -0.612. The molecule has 10 heteroatoms. The van der Waals surface area contributed by atoms with Crippen molar-refractivity contribution >= 4 is 39.1 Å². The molecule has 2 atom stereocenters. The lowest BCUT2D eigenvalue weighted by molar-refractivity contribution is 0.0936. The fourth-order valence-electron chi connectivity index (χ4n) is 3.72. The van der Waals surface area contributed by atoms with Crippen molar-refractivity contribution in [2.45, 2.75) is 17.0 Å². The Morgan fingerprint density at radius 2 is 1.87 bits per heavy atom. The Balaban J connectivity index is 1.63. The van der Waals surface area contributed by atoms with E-state index in [1.807, 2.05) is 30.3 Å². The average molecular weight is 479 g/mol. The molecule has 7 nitrogen and oxygen atoms in total. The van der Waals surface area contributed by atoms with Crippen molar-refractivity contribution in [1.29, 1.82) is 0 Å². The third kappa shape index (κ3) is 4.48. The maximum atomic E-state index is 13.1. The first-order chi connectivity index (χ1) is 14.8. The van der Waals surface area contributed by atoms with Crippen LogP contribution >= 0.6 is 23.2 Å². The zero-order valence-electron chi connectivity index (χ0n) is 16.6. The molecule has 2 aromatic carbocycles. The van der Waals surface area contributed by atoms with Gasteiger partial charge in [-0.3, -0.25) is 4.79 Å². The van der Waals surface area contributed by atoms with Crippen LogP contribution in [0.5, 0.6) is 0 Å². The second kappa shape index (κ2) is 8.63. The van der Waals surface area contributed by atoms with Gasteiger partial charge in [0.05, 0.1) is 23.0 Å². The van der Waals surface area contributed by atoms with Gasteiger partial charge in [-0.2, -0.15) is 4.31 Å². The molecule has 3 aromatic rings. The molecule has 0 saturated carbocycles. The van der Waals surface area contributed by atoms with E-state index in [1.54, 1.807) is 23.7 Å². The van der Waals surface area contributed by atoms with Crippen LogP contribution in [0, 0.1) is 0 Å². The first-order valence-electron chi connectivity index (χ1n) is 9.54. The number of carbonyl (C=O) groups is 1. The molecular weight excluding hydrogens is 459 g/mol. The van der Waals surface area contributed by atoms with Crippen molar-refractivity contribution in [1.82, 2.24) is 19.2 Å². The first-order valence-corrected chi connectivity index (χ1v) is 11.7. The van der Waals surface area contributed by atoms with Gasteiger partial charge in [-0.25, -0.2) is 13.4 Å². The summed E-state index contributed by atoms with van der Waals surface area (Å²) in [6.45, 7) is 0.345. The standard InChI is InChI=1S/C21H20Cl2N4O3S/c1-26-12-20(24-13-26)31(29,30)27-10-17(14-5-3-2-4-6-14)19(11-27)25-21(28)16-8-7-15(22)9-18(16)23/h2-9,12-13,17,19H,10-11H2,1H3,(H,25,28)/t17-,19+/m1/s1. The number of carbonyl (C=O) groups excluding carboxylic acids is 1. The average Bonchev–Trinajstić information content (AvgIpc) is 3.36. The number of nitrogens with zero attached hydrogens (tertiary/aromatic N) is 3. The van der Waals surface area contributed by atoms with Gasteiger partial charge in [0.1, 0.15) is 0 Å². The monoisotopic (exact) mass is 478 g/mol. The van der Waals surface area contributed by atoms with E-state index in [-0.39, 0.29) is 40.5 Å². The van der Waals surface area contributed by atoms with Gasteiger partial charge in [0.2, 0.25) is 0 Å². The minimum absolute atomic E-state index is 0.0190. The molecule has 1 N–H and O–H groups in total. The van der Waals surface area contributed by atoms with E-state index in [2.05, 4.69) is 10.3 Å². The van der Waals surface area contributed by atoms with Gasteiger partial charge in [0, 0.05) is 37.3 Å². The Hall–Kier alpha value is -2.39. The van der Waals surface area contributed by atoms with Crippen LogP contribution in [-0.4, -0.2) is 47.3 Å². The molecule has 0 aliphatic carbocycles. The lowest BCUT2D eigenvalue weighted by Crippen LogP contribution is -2.40. The van der Waals surface area contributed by atoms with Crippen molar-refractivity contribution < 1.29 is 13.2 Å². The summed E-state index contributed by atoms with van der Waals surface area (Å²) in [4.78, 5) is 16.9. The SMILES string of the molecule is Cn1cnc(S(=O)(=O)N2C[C@H](NC(=O)c3ccc(Cl)cc3Cl)[C@@H](c3ccccc3)C2)c1. The first kappa shape index (κ1) is 21.8. The number of benzene rings is 2. The minimum atomic E-state index is -3.80. The number of nitrogens with one attached hydrogen (secondary N) is 1. The maximum Gasteiger partial charge on any atom is 0.262 e. The number of aromatic nitrogens is 2. The molecule has 4 rings (SSSR count). The Kier molecular flexibility index (Phi) is 6.07. The van der Waals surface area contributed by atoms with Crippen LogP contribution in [0.3, 0.4) is 0 Å². The molecule has 1 aliphatic heterocycles. The number of halogens is 2. The Labute approximate surface area is 190 Å². The molecule has 1 saturated heterocycles. The van der Waals surface area contributed by atoms with E-state index in [9.17, 15) is 13.2 Å². The normalized spacial score (nSPS) is 19.5. The molecule has 162 valence electrons. The number of hydrogen-bond acceptors (Lipinski definition) is 4. The van der Waals surface area contributed by atoms with Crippen molar-refractivity contribution in [3.05, 3.63) is 82.2 Å². The predicted octanol–water partition coefficient (Wildman–Crippen LogP) is 3.31. The third-order valence-corrected chi connectivity index (χ3v) is 7.56. The highest BCUT2D eigenvalue weighted by atomic mass is 35.5. The van der Waals surface area contributed by atoms with E-state index >= 15 is 0 Å². The largest absolute Gasteiger partial charge is 0.347 e. The molecule has 2 heterocycles. The van der Waals surface area contributed by atoms with E-state index in [4.69, 9.17) is 23.2 Å². The van der Waals surface area contributed by atoms with Gasteiger partial charge in [-0.1, -0.05) is 53.5 Å². The van der Waals surface area contributed by atoms with E-state index in [1.165, 1.54) is 22.9 Å². The van der Waals surface area contributed by atoms with Gasteiger partial charge >= 0.3 is 0 Å². The van der Waals surface area contributed by atoms with Crippen LogP contribution in [-0.2, 0) is 17.1 Å². The van der Waals surface area contributed by atoms with Crippen LogP contribution in [0.25, 0.3) is 0 Å². The number of aryl methyl sites for hydroxylation is 1. The molecule has 0 unspecified atom stereocenters. The van der Waals surface area contributed by atoms with Gasteiger partial charge in [0.25, 0.3) is 15.9 Å². The highest BCUT2D eigenvalue weighted by molar-refractivity contribution is 7.89. The summed E-state index contributed by atoms with van der Waals surface area (Å²) < 4.78 is 29.2. The predicted molar refractivity (Wildman–Crippen MR) is 119 cm³/mol. The number of hydrogen-bond donors (Lipinski definition) is 1. The fourth-order valence-corrected chi connectivity index (χ4v) is 5.67. The Morgan fingerprint density at radius 3 is 2.52 bits per heavy atom. The Morgan fingerprint density at radius 1 is 1.13 bits per heavy atom. The molecule has 1 amide bonds. The number of sulfonamides is 1. The zero-order chi connectivity index (χ0) is 22.2. The van der Waals surface area contributed by atoms with Gasteiger partial charge < -0.3 is 9.88 Å². The second-order valence-electron chi connectivity index (χ2n) is 7.42. The molecule has 0 bridgehead atoms. The van der Waals surface area contributed by atoms with Crippen molar-refractivity contribution in [3.8, 4) is 0 Å². The van der Waals surface area contributed by atoms with Crippen LogP contribution in [0.15, 0.2) is 66.1 Å². The van der Waals surface area contributed by atoms with Crippen LogP contribution in [0.4, 0.5) is 0 Å². The van der Waals surface area contributed by atoms with Crippen molar-refractivity contribution in [2.24, 2.45) is 7.05 Å². The summed E-state index contributed by atoms with van der Waals surface area (Å²) >= 11 is 12.1. The minimum Gasteiger partial charge on any atom is -0.347 e. The van der Waals surface area contributed by atoms with E-state index in [0.29, 0.717) is 5.02 Å². The summed E-state index contributed by atoms with van der Waals surface area (Å²) in [5, 5.41) is 3.61. The highest BCUT2D eigenvalue weighted by Crippen LogP contribution is 2.32.